The van der Waals surface area contributed by atoms with Crippen LogP contribution in [0, 0.1) is 0 Å². The van der Waals surface area contributed by atoms with Crippen molar-refractivity contribution in [2.24, 2.45) is 0 Å². The molecule has 0 saturated carbocycles. The first-order chi connectivity index (χ1) is 19.3. The number of hydrogen-bond acceptors (Lipinski definition) is 4. The highest BCUT2D eigenvalue weighted by Crippen LogP contribution is 2.37. The van der Waals surface area contributed by atoms with Crippen molar-refractivity contribution < 1.29 is 4.42 Å². The number of para-hydroxylation sites is 3. The van der Waals surface area contributed by atoms with E-state index in [9.17, 15) is 0 Å². The van der Waals surface area contributed by atoms with E-state index in [4.69, 9.17) is 19.4 Å². The van der Waals surface area contributed by atoms with Gasteiger partial charge < -0.3 is 4.42 Å². The fourth-order valence-corrected chi connectivity index (χ4v) is 5.81. The van der Waals surface area contributed by atoms with E-state index < -0.39 is 0 Å². The maximum atomic E-state index is 6.50. The lowest BCUT2D eigenvalue weighted by atomic mass is 10.0. The standard InChI is InChI=1S/C33H19N5O/c1-2-11-21(12-3-1)28-24-19-18-20-10-4-5-13-22(20)29(24)36-32(35-28)38-31-30(23-14-6-9-17-27(23)39-31)37-26-16-8-7-15-25(26)34-33(37)38/h1-19H. The zero-order valence-corrected chi connectivity index (χ0v) is 20.6. The van der Waals surface area contributed by atoms with Crippen molar-refractivity contribution in [1.29, 1.82) is 0 Å². The van der Waals surface area contributed by atoms with Gasteiger partial charge in [-0.2, -0.15) is 0 Å². The summed E-state index contributed by atoms with van der Waals surface area (Å²) in [5, 5.41) is 4.23. The van der Waals surface area contributed by atoms with E-state index in [2.05, 4.69) is 65.1 Å². The van der Waals surface area contributed by atoms with Crippen LogP contribution in [0.4, 0.5) is 0 Å². The van der Waals surface area contributed by atoms with E-state index >= 15 is 0 Å². The number of rotatable bonds is 2. The molecule has 0 bridgehead atoms. The summed E-state index contributed by atoms with van der Waals surface area (Å²) in [6.45, 7) is 0. The van der Waals surface area contributed by atoms with E-state index in [0.29, 0.717) is 17.4 Å². The average Bonchev–Trinajstić information content (AvgIpc) is 3.64. The average molecular weight is 502 g/mol. The summed E-state index contributed by atoms with van der Waals surface area (Å²) < 4.78 is 10.6. The van der Waals surface area contributed by atoms with E-state index in [-0.39, 0.29) is 0 Å². The molecule has 0 saturated heterocycles. The second-order valence-corrected chi connectivity index (χ2v) is 9.74. The Morgan fingerprint density at radius 1 is 0.590 bits per heavy atom. The summed E-state index contributed by atoms with van der Waals surface area (Å²) in [7, 11) is 0. The lowest BCUT2D eigenvalue weighted by Crippen LogP contribution is -2.04. The first-order valence-corrected chi connectivity index (χ1v) is 12.9. The summed E-state index contributed by atoms with van der Waals surface area (Å²) in [6.07, 6.45) is 0. The predicted molar refractivity (Wildman–Crippen MR) is 155 cm³/mol. The van der Waals surface area contributed by atoms with Crippen LogP contribution in [-0.2, 0) is 0 Å². The number of fused-ring (bicyclic) bond motifs is 10. The van der Waals surface area contributed by atoms with Crippen LogP contribution >= 0.6 is 0 Å². The van der Waals surface area contributed by atoms with E-state index in [1.54, 1.807) is 0 Å². The highest BCUT2D eigenvalue weighted by molar-refractivity contribution is 6.10. The van der Waals surface area contributed by atoms with Crippen LogP contribution in [0.3, 0.4) is 0 Å². The SMILES string of the molecule is c1ccc(-c2nc(-n3c4oc5ccccc5c4n4c5ccccc5nc34)nc3c2ccc2ccccc23)cc1. The molecule has 9 rings (SSSR count). The minimum Gasteiger partial charge on any atom is -0.437 e. The molecule has 0 amide bonds. The van der Waals surface area contributed by atoms with Gasteiger partial charge in [0.15, 0.2) is 0 Å². The van der Waals surface area contributed by atoms with Crippen molar-refractivity contribution in [3.8, 4) is 17.2 Å². The van der Waals surface area contributed by atoms with Gasteiger partial charge in [-0.05, 0) is 35.7 Å². The van der Waals surface area contributed by atoms with E-state index in [1.165, 1.54) is 0 Å². The third-order valence-electron chi connectivity index (χ3n) is 7.55. The highest BCUT2D eigenvalue weighted by atomic mass is 16.3. The van der Waals surface area contributed by atoms with Gasteiger partial charge in [-0.25, -0.2) is 19.5 Å². The number of furan rings is 1. The molecule has 5 aromatic carbocycles. The fourth-order valence-electron chi connectivity index (χ4n) is 5.81. The molecule has 182 valence electrons. The third kappa shape index (κ3) is 2.77. The summed E-state index contributed by atoms with van der Waals surface area (Å²) in [5.74, 6) is 1.24. The van der Waals surface area contributed by atoms with Crippen molar-refractivity contribution in [2.45, 2.75) is 0 Å². The van der Waals surface area contributed by atoms with Crippen LogP contribution in [0.1, 0.15) is 0 Å². The molecule has 0 unspecified atom stereocenters. The monoisotopic (exact) mass is 501 g/mol. The lowest BCUT2D eigenvalue weighted by Gasteiger charge is -2.11. The van der Waals surface area contributed by atoms with Crippen molar-refractivity contribution in [2.75, 3.05) is 0 Å². The number of hydrogen-bond donors (Lipinski definition) is 0. The molecule has 9 aromatic rings. The Labute approximate surface area is 221 Å². The smallest absolute Gasteiger partial charge is 0.240 e. The number of imidazole rings is 2. The van der Waals surface area contributed by atoms with Crippen LogP contribution < -0.4 is 0 Å². The molecular formula is C33H19N5O. The second-order valence-electron chi connectivity index (χ2n) is 9.74. The fraction of sp³-hybridized carbons (Fsp3) is 0. The Morgan fingerprint density at radius 3 is 2.28 bits per heavy atom. The third-order valence-corrected chi connectivity index (χ3v) is 7.55. The van der Waals surface area contributed by atoms with E-state index in [0.717, 1.165) is 60.5 Å². The van der Waals surface area contributed by atoms with Gasteiger partial charge in [0.05, 0.1) is 22.2 Å². The molecule has 6 nitrogen and oxygen atoms in total. The number of benzene rings is 5. The van der Waals surface area contributed by atoms with Gasteiger partial charge in [0, 0.05) is 21.7 Å². The van der Waals surface area contributed by atoms with Gasteiger partial charge in [0.1, 0.15) is 11.1 Å². The Kier molecular flexibility index (Phi) is 3.96. The van der Waals surface area contributed by atoms with Crippen LogP contribution in [0.2, 0.25) is 0 Å². The normalized spacial score (nSPS) is 12.1. The molecule has 39 heavy (non-hydrogen) atoms. The topological polar surface area (TPSA) is 61.2 Å². The highest BCUT2D eigenvalue weighted by Gasteiger charge is 2.25. The molecule has 0 atom stereocenters. The second kappa shape index (κ2) is 7.52. The predicted octanol–water partition coefficient (Wildman–Crippen LogP) is 7.94. The maximum absolute atomic E-state index is 6.50. The minimum atomic E-state index is 0.520. The molecule has 0 spiro atoms. The first kappa shape index (κ1) is 20.6. The summed E-state index contributed by atoms with van der Waals surface area (Å²) in [5.41, 5.74) is 7.14. The van der Waals surface area contributed by atoms with Gasteiger partial charge in [0.2, 0.25) is 17.4 Å². The Hall–Kier alpha value is -5.49. The van der Waals surface area contributed by atoms with Crippen LogP contribution in [0.25, 0.3) is 77.9 Å². The minimum absolute atomic E-state index is 0.520. The maximum Gasteiger partial charge on any atom is 0.240 e. The zero-order valence-electron chi connectivity index (χ0n) is 20.6. The Bertz CT molecular complexity index is 2310. The molecule has 0 aliphatic rings. The van der Waals surface area contributed by atoms with Crippen molar-refractivity contribution >= 4 is 60.7 Å². The van der Waals surface area contributed by atoms with Crippen LogP contribution in [-0.4, -0.2) is 23.9 Å². The summed E-state index contributed by atoms with van der Waals surface area (Å²) in [4.78, 5) is 15.4. The Balaban J connectivity index is 1.50. The van der Waals surface area contributed by atoms with Gasteiger partial charge in [-0.15, -0.1) is 0 Å². The van der Waals surface area contributed by atoms with Crippen molar-refractivity contribution in [3.05, 3.63) is 115 Å². The van der Waals surface area contributed by atoms with Gasteiger partial charge >= 0.3 is 0 Å². The van der Waals surface area contributed by atoms with Crippen LogP contribution in [0.15, 0.2) is 120 Å². The first-order valence-electron chi connectivity index (χ1n) is 12.9. The molecule has 0 aliphatic heterocycles. The molecule has 0 N–H and O–H groups in total. The molecular weight excluding hydrogens is 482 g/mol. The van der Waals surface area contributed by atoms with Gasteiger partial charge in [0.25, 0.3) is 0 Å². The molecule has 4 aromatic heterocycles. The number of aromatic nitrogens is 5. The Morgan fingerprint density at radius 2 is 1.36 bits per heavy atom. The van der Waals surface area contributed by atoms with Crippen molar-refractivity contribution in [3.63, 3.8) is 0 Å². The summed E-state index contributed by atoms with van der Waals surface area (Å²) in [6, 6.07) is 39.2. The molecule has 0 aliphatic carbocycles. The summed E-state index contributed by atoms with van der Waals surface area (Å²) >= 11 is 0. The van der Waals surface area contributed by atoms with Crippen molar-refractivity contribution in [1.82, 2.24) is 23.9 Å². The van der Waals surface area contributed by atoms with Crippen LogP contribution in [0.5, 0.6) is 0 Å². The zero-order chi connectivity index (χ0) is 25.5. The molecule has 4 heterocycles. The molecule has 6 heteroatoms. The van der Waals surface area contributed by atoms with Gasteiger partial charge in [-0.1, -0.05) is 84.9 Å². The largest absolute Gasteiger partial charge is 0.437 e. The number of nitrogens with zero attached hydrogens (tertiary/aromatic N) is 5. The quantitative estimate of drug-likeness (QED) is 0.226. The lowest BCUT2D eigenvalue weighted by molar-refractivity contribution is 0.641. The van der Waals surface area contributed by atoms with E-state index in [1.807, 2.05) is 59.2 Å². The molecule has 0 fully saturated rings. The van der Waals surface area contributed by atoms with Gasteiger partial charge in [-0.3, -0.25) is 4.40 Å². The molecule has 0 radical (unpaired) electrons.